The number of benzene rings is 1. The Labute approximate surface area is 191 Å². The van der Waals surface area contributed by atoms with Gasteiger partial charge >= 0.3 is 0 Å². The molecule has 168 valence electrons. The van der Waals surface area contributed by atoms with Crippen LogP contribution in [0.2, 0.25) is 0 Å². The summed E-state index contributed by atoms with van der Waals surface area (Å²) in [6, 6.07) is 8.04. The van der Waals surface area contributed by atoms with Gasteiger partial charge in [0, 0.05) is 31.3 Å². The predicted octanol–water partition coefficient (Wildman–Crippen LogP) is 4.93. The SMILES string of the molecule is COc1ccnc(CC[C@@H]2[C@H](C)CCCN2C(=O)c2nc(C)sc2-c2ccc(F)cc2)n1. The average Bonchev–Trinajstić information content (AvgIpc) is 3.20. The summed E-state index contributed by atoms with van der Waals surface area (Å²) in [5.74, 6) is 1.27. The number of amides is 1. The number of ether oxygens (including phenoxy) is 1. The maximum absolute atomic E-state index is 13.7. The highest BCUT2D eigenvalue weighted by Gasteiger charge is 2.34. The minimum Gasteiger partial charge on any atom is -0.481 e. The van der Waals surface area contributed by atoms with Crippen LogP contribution in [0.5, 0.6) is 5.88 Å². The number of hydrogen-bond acceptors (Lipinski definition) is 6. The number of hydrogen-bond donors (Lipinski definition) is 0. The second kappa shape index (κ2) is 9.73. The Balaban J connectivity index is 1.58. The van der Waals surface area contributed by atoms with Crippen molar-refractivity contribution in [2.75, 3.05) is 13.7 Å². The van der Waals surface area contributed by atoms with Crippen LogP contribution >= 0.6 is 11.3 Å². The van der Waals surface area contributed by atoms with Crippen LogP contribution in [0.4, 0.5) is 4.39 Å². The molecular formula is C24H27FN4O2S. The van der Waals surface area contributed by atoms with E-state index in [0.717, 1.165) is 34.7 Å². The number of likely N-dealkylation sites (tertiary alicyclic amines) is 1. The van der Waals surface area contributed by atoms with Crippen LogP contribution in [0.25, 0.3) is 10.4 Å². The van der Waals surface area contributed by atoms with E-state index in [2.05, 4.69) is 21.9 Å². The van der Waals surface area contributed by atoms with Crippen LogP contribution in [-0.2, 0) is 6.42 Å². The van der Waals surface area contributed by atoms with Crippen molar-refractivity contribution in [3.8, 4) is 16.3 Å². The largest absolute Gasteiger partial charge is 0.481 e. The van der Waals surface area contributed by atoms with E-state index in [1.807, 2.05) is 11.8 Å². The zero-order valence-corrected chi connectivity index (χ0v) is 19.4. The lowest BCUT2D eigenvalue weighted by Crippen LogP contribution is -2.48. The summed E-state index contributed by atoms with van der Waals surface area (Å²) < 4.78 is 18.6. The number of rotatable bonds is 6. The molecule has 0 bridgehead atoms. The molecule has 8 heteroatoms. The topological polar surface area (TPSA) is 68.2 Å². The summed E-state index contributed by atoms with van der Waals surface area (Å²) in [5, 5.41) is 0.819. The molecule has 1 saturated heterocycles. The maximum atomic E-state index is 13.7. The Morgan fingerprint density at radius 3 is 2.78 bits per heavy atom. The van der Waals surface area contributed by atoms with Gasteiger partial charge in [0.15, 0.2) is 0 Å². The van der Waals surface area contributed by atoms with Crippen molar-refractivity contribution in [2.45, 2.75) is 45.6 Å². The van der Waals surface area contributed by atoms with Crippen molar-refractivity contribution in [2.24, 2.45) is 5.92 Å². The van der Waals surface area contributed by atoms with E-state index in [-0.39, 0.29) is 17.8 Å². The number of methoxy groups -OCH3 is 1. The summed E-state index contributed by atoms with van der Waals surface area (Å²) in [6.45, 7) is 4.79. The van der Waals surface area contributed by atoms with E-state index in [4.69, 9.17) is 4.74 Å². The third-order valence-electron chi connectivity index (χ3n) is 5.97. The van der Waals surface area contributed by atoms with Crippen molar-refractivity contribution in [1.29, 1.82) is 0 Å². The highest BCUT2D eigenvalue weighted by atomic mass is 32.1. The van der Waals surface area contributed by atoms with Gasteiger partial charge in [-0.25, -0.2) is 14.4 Å². The zero-order valence-electron chi connectivity index (χ0n) is 18.5. The van der Waals surface area contributed by atoms with Gasteiger partial charge < -0.3 is 9.64 Å². The highest BCUT2D eigenvalue weighted by Crippen LogP contribution is 2.34. The van der Waals surface area contributed by atoms with Gasteiger partial charge in [0.2, 0.25) is 5.88 Å². The quantitative estimate of drug-likeness (QED) is 0.528. The van der Waals surface area contributed by atoms with Crippen molar-refractivity contribution in [3.05, 3.63) is 58.9 Å². The standard InChI is InChI=1S/C24H27FN4O2S/c1-15-5-4-14-29(19(15)10-11-20-26-13-12-21(28-20)31-3)24(30)22-23(32-16(2)27-22)17-6-8-18(25)9-7-17/h6-9,12-13,15,19H,4-5,10-11,14H2,1-3H3/t15-,19-/m1/s1. The molecule has 3 aromatic rings. The summed E-state index contributed by atoms with van der Waals surface area (Å²) in [7, 11) is 1.59. The molecule has 0 N–H and O–H groups in total. The minimum absolute atomic E-state index is 0.0585. The molecule has 2 atom stereocenters. The normalized spacial score (nSPS) is 18.6. The molecule has 4 rings (SSSR count). The molecule has 1 fully saturated rings. The maximum Gasteiger partial charge on any atom is 0.274 e. The Bertz CT molecular complexity index is 1090. The summed E-state index contributed by atoms with van der Waals surface area (Å²) in [5.41, 5.74) is 1.27. The predicted molar refractivity (Wildman–Crippen MR) is 122 cm³/mol. The van der Waals surface area contributed by atoms with E-state index < -0.39 is 0 Å². The van der Waals surface area contributed by atoms with Gasteiger partial charge in [-0.2, -0.15) is 4.98 Å². The molecule has 1 amide bonds. The molecular weight excluding hydrogens is 427 g/mol. The van der Waals surface area contributed by atoms with Crippen molar-refractivity contribution < 1.29 is 13.9 Å². The Morgan fingerprint density at radius 2 is 2.03 bits per heavy atom. The first-order valence-corrected chi connectivity index (χ1v) is 11.7. The molecule has 32 heavy (non-hydrogen) atoms. The number of aryl methyl sites for hydroxylation is 2. The number of carbonyl (C=O) groups excluding carboxylic acids is 1. The molecule has 1 aromatic carbocycles. The fourth-order valence-electron chi connectivity index (χ4n) is 4.34. The number of halogens is 1. The fraction of sp³-hybridized carbons (Fsp3) is 0.417. The van der Waals surface area contributed by atoms with Crippen LogP contribution in [-0.4, -0.2) is 45.5 Å². The van der Waals surface area contributed by atoms with Gasteiger partial charge in [0.25, 0.3) is 5.91 Å². The van der Waals surface area contributed by atoms with Gasteiger partial charge in [0.1, 0.15) is 17.3 Å². The smallest absolute Gasteiger partial charge is 0.274 e. The summed E-state index contributed by atoms with van der Waals surface area (Å²) in [6.07, 6.45) is 5.18. The molecule has 0 spiro atoms. The Hall–Kier alpha value is -2.87. The molecule has 0 radical (unpaired) electrons. The van der Waals surface area contributed by atoms with Crippen LogP contribution in [0, 0.1) is 18.7 Å². The second-order valence-electron chi connectivity index (χ2n) is 8.16. The minimum atomic E-state index is -0.299. The van der Waals surface area contributed by atoms with Crippen LogP contribution in [0.3, 0.4) is 0 Å². The first-order valence-electron chi connectivity index (χ1n) is 10.9. The van der Waals surface area contributed by atoms with Crippen LogP contribution in [0.15, 0.2) is 36.5 Å². The van der Waals surface area contributed by atoms with Crippen LogP contribution in [0.1, 0.15) is 47.5 Å². The van der Waals surface area contributed by atoms with Crippen molar-refractivity contribution in [3.63, 3.8) is 0 Å². The van der Waals surface area contributed by atoms with E-state index in [1.165, 1.54) is 23.5 Å². The highest BCUT2D eigenvalue weighted by molar-refractivity contribution is 7.15. The third kappa shape index (κ3) is 4.80. The first kappa shape index (κ1) is 22.3. The van der Waals surface area contributed by atoms with E-state index >= 15 is 0 Å². The second-order valence-corrected chi connectivity index (χ2v) is 9.36. The van der Waals surface area contributed by atoms with E-state index in [0.29, 0.717) is 36.3 Å². The lowest BCUT2D eigenvalue weighted by Gasteiger charge is -2.40. The van der Waals surface area contributed by atoms with Gasteiger partial charge in [0.05, 0.1) is 17.0 Å². The number of piperidine rings is 1. The molecule has 0 unspecified atom stereocenters. The number of thiazole rings is 1. The average molecular weight is 455 g/mol. The van der Waals surface area contributed by atoms with E-state index in [9.17, 15) is 9.18 Å². The molecule has 2 aromatic heterocycles. The Kier molecular flexibility index (Phi) is 6.79. The van der Waals surface area contributed by atoms with Crippen molar-refractivity contribution >= 4 is 17.2 Å². The molecule has 3 heterocycles. The fourth-order valence-corrected chi connectivity index (χ4v) is 5.25. The monoisotopic (exact) mass is 454 g/mol. The molecule has 6 nitrogen and oxygen atoms in total. The number of carbonyl (C=O) groups is 1. The van der Waals surface area contributed by atoms with Gasteiger partial charge in [-0.15, -0.1) is 11.3 Å². The first-order chi connectivity index (χ1) is 15.5. The molecule has 0 saturated carbocycles. The summed E-state index contributed by atoms with van der Waals surface area (Å²) >= 11 is 1.47. The van der Waals surface area contributed by atoms with Crippen LogP contribution < -0.4 is 4.74 Å². The molecule has 1 aliphatic heterocycles. The summed E-state index contributed by atoms with van der Waals surface area (Å²) in [4.78, 5) is 29.8. The lowest BCUT2D eigenvalue weighted by atomic mass is 9.87. The molecule has 1 aliphatic rings. The molecule has 0 aliphatic carbocycles. The lowest BCUT2D eigenvalue weighted by molar-refractivity contribution is 0.0494. The zero-order chi connectivity index (χ0) is 22.7. The third-order valence-corrected chi connectivity index (χ3v) is 6.99. The van der Waals surface area contributed by atoms with Gasteiger partial charge in [-0.1, -0.05) is 19.1 Å². The number of aromatic nitrogens is 3. The van der Waals surface area contributed by atoms with Gasteiger partial charge in [-0.3, -0.25) is 4.79 Å². The van der Waals surface area contributed by atoms with E-state index in [1.54, 1.807) is 31.5 Å². The van der Waals surface area contributed by atoms with Gasteiger partial charge in [-0.05, 0) is 49.8 Å². The number of nitrogens with zero attached hydrogens (tertiary/aromatic N) is 4. The van der Waals surface area contributed by atoms with Crippen molar-refractivity contribution in [1.82, 2.24) is 19.9 Å². The Morgan fingerprint density at radius 1 is 1.25 bits per heavy atom.